The largest absolute Gasteiger partial charge is 0.493 e. The second kappa shape index (κ2) is 11.1. The molecule has 38 heavy (non-hydrogen) atoms. The van der Waals surface area contributed by atoms with E-state index in [2.05, 4.69) is 4.98 Å². The number of aromatic nitrogens is 1. The highest BCUT2D eigenvalue weighted by atomic mass is 19.4. The fourth-order valence-electron chi connectivity index (χ4n) is 4.13. The smallest absolute Gasteiger partial charge is 0.416 e. The topological polar surface area (TPSA) is 69.8 Å². The Labute approximate surface area is 217 Å². The summed E-state index contributed by atoms with van der Waals surface area (Å²) in [6.45, 7) is 2.01. The normalized spacial score (nSPS) is 12.3. The maximum absolute atomic E-state index is 15.2. The SMILES string of the molecule is COc1cc2nccc(Oc3ccc(N(CCc4cccc(C(F)(F)F)c4)C(C)N)cc3F)c2cc1OC. The van der Waals surface area contributed by atoms with Gasteiger partial charge in [0.15, 0.2) is 23.1 Å². The van der Waals surface area contributed by atoms with E-state index < -0.39 is 23.7 Å². The number of methoxy groups -OCH3 is 2. The van der Waals surface area contributed by atoms with Crippen LogP contribution in [0.2, 0.25) is 0 Å². The van der Waals surface area contributed by atoms with Crippen LogP contribution in [-0.4, -0.2) is 31.9 Å². The lowest BCUT2D eigenvalue weighted by molar-refractivity contribution is -0.137. The summed E-state index contributed by atoms with van der Waals surface area (Å²) >= 11 is 0. The average Bonchev–Trinajstić information content (AvgIpc) is 2.89. The molecule has 1 atom stereocenters. The van der Waals surface area contributed by atoms with E-state index in [1.165, 1.54) is 32.4 Å². The Bertz CT molecular complexity index is 1430. The van der Waals surface area contributed by atoms with Gasteiger partial charge in [0.2, 0.25) is 0 Å². The zero-order valence-electron chi connectivity index (χ0n) is 21.1. The van der Waals surface area contributed by atoms with Gasteiger partial charge in [0.05, 0.1) is 31.5 Å². The molecule has 0 bridgehead atoms. The number of hydrogen-bond acceptors (Lipinski definition) is 6. The summed E-state index contributed by atoms with van der Waals surface area (Å²) in [5, 5.41) is 0.604. The monoisotopic (exact) mass is 529 g/mol. The molecular weight excluding hydrogens is 502 g/mol. The third-order valence-corrected chi connectivity index (χ3v) is 6.06. The molecule has 0 aliphatic heterocycles. The van der Waals surface area contributed by atoms with Crippen LogP contribution in [0.5, 0.6) is 23.0 Å². The van der Waals surface area contributed by atoms with Crippen molar-refractivity contribution in [3.63, 3.8) is 0 Å². The number of alkyl halides is 3. The maximum Gasteiger partial charge on any atom is 0.416 e. The third kappa shape index (κ3) is 5.91. The quantitative estimate of drug-likeness (QED) is 0.196. The van der Waals surface area contributed by atoms with Crippen LogP contribution in [0.1, 0.15) is 18.1 Å². The molecule has 0 spiro atoms. The lowest BCUT2D eigenvalue weighted by atomic mass is 10.1. The maximum atomic E-state index is 15.2. The molecule has 0 radical (unpaired) electrons. The molecule has 0 amide bonds. The molecule has 10 heteroatoms. The van der Waals surface area contributed by atoms with E-state index in [1.807, 2.05) is 0 Å². The second-order valence-corrected chi connectivity index (χ2v) is 8.63. The molecule has 0 saturated carbocycles. The van der Waals surface area contributed by atoms with Crippen LogP contribution < -0.4 is 24.8 Å². The molecule has 2 N–H and O–H groups in total. The molecule has 1 heterocycles. The fraction of sp³-hybridized carbons (Fsp3) is 0.250. The van der Waals surface area contributed by atoms with Gasteiger partial charge in [-0.15, -0.1) is 0 Å². The van der Waals surface area contributed by atoms with Gasteiger partial charge < -0.3 is 24.8 Å². The number of nitrogens with two attached hydrogens (primary N) is 1. The van der Waals surface area contributed by atoms with Gasteiger partial charge in [0, 0.05) is 35.9 Å². The summed E-state index contributed by atoms with van der Waals surface area (Å²) in [6.07, 6.45) is -3.10. The predicted octanol–water partition coefficient (Wildman–Crippen LogP) is 6.56. The van der Waals surface area contributed by atoms with Crippen molar-refractivity contribution in [2.24, 2.45) is 5.73 Å². The van der Waals surface area contributed by atoms with Crippen molar-refractivity contribution in [3.05, 3.63) is 83.8 Å². The van der Waals surface area contributed by atoms with Gasteiger partial charge in [-0.3, -0.25) is 4.98 Å². The van der Waals surface area contributed by atoms with Gasteiger partial charge in [0.1, 0.15) is 5.75 Å². The van der Waals surface area contributed by atoms with Crippen LogP contribution in [0.15, 0.2) is 66.9 Å². The molecule has 6 nitrogen and oxygen atoms in total. The first kappa shape index (κ1) is 27.0. The van der Waals surface area contributed by atoms with E-state index in [4.69, 9.17) is 19.9 Å². The molecule has 0 aliphatic carbocycles. The van der Waals surface area contributed by atoms with Crippen LogP contribution in [0, 0.1) is 5.82 Å². The molecule has 1 unspecified atom stereocenters. The molecule has 4 rings (SSSR count). The summed E-state index contributed by atoms with van der Waals surface area (Å²) in [6, 6.07) is 14.6. The number of fused-ring (bicyclic) bond motifs is 1. The Morgan fingerprint density at radius 3 is 2.32 bits per heavy atom. The zero-order valence-corrected chi connectivity index (χ0v) is 21.1. The van der Waals surface area contributed by atoms with Gasteiger partial charge >= 0.3 is 6.18 Å². The standard InChI is InChI=1S/C28H27F4N3O3/c1-17(33)35(12-10-18-5-4-6-19(13-18)28(30,31)32)20-7-8-25(22(29)14-20)38-24-9-11-34-23-16-27(37-3)26(36-2)15-21(23)24/h4-9,11,13-17H,10,12,33H2,1-3H3. The zero-order chi connectivity index (χ0) is 27.4. The summed E-state index contributed by atoms with van der Waals surface area (Å²) < 4.78 is 70.9. The minimum Gasteiger partial charge on any atom is -0.493 e. The Hall–Kier alpha value is -4.05. The van der Waals surface area contributed by atoms with Crippen molar-refractivity contribution in [2.45, 2.75) is 25.7 Å². The summed E-state index contributed by atoms with van der Waals surface area (Å²) in [7, 11) is 3.03. The van der Waals surface area contributed by atoms with Crippen LogP contribution in [-0.2, 0) is 12.6 Å². The molecule has 4 aromatic rings. The molecule has 3 aromatic carbocycles. The van der Waals surface area contributed by atoms with Crippen molar-refractivity contribution in [1.82, 2.24) is 4.98 Å². The number of ether oxygens (including phenoxy) is 3. The molecule has 0 fully saturated rings. The molecule has 200 valence electrons. The number of pyridine rings is 1. The number of rotatable bonds is 9. The first-order valence-corrected chi connectivity index (χ1v) is 11.8. The van der Waals surface area contributed by atoms with E-state index >= 15 is 4.39 Å². The molecular formula is C28H27F4N3O3. The van der Waals surface area contributed by atoms with E-state index in [0.717, 1.165) is 12.1 Å². The van der Waals surface area contributed by atoms with Crippen molar-refractivity contribution in [1.29, 1.82) is 0 Å². The lowest BCUT2D eigenvalue weighted by Gasteiger charge is -2.29. The summed E-state index contributed by atoms with van der Waals surface area (Å²) in [5.41, 5.74) is 6.96. The minimum atomic E-state index is -4.42. The highest BCUT2D eigenvalue weighted by Crippen LogP contribution is 2.38. The number of benzene rings is 3. The van der Waals surface area contributed by atoms with Gasteiger partial charge in [0.25, 0.3) is 0 Å². The van der Waals surface area contributed by atoms with Crippen molar-refractivity contribution < 1.29 is 31.8 Å². The van der Waals surface area contributed by atoms with Crippen LogP contribution in [0.4, 0.5) is 23.2 Å². The number of nitrogens with zero attached hydrogens (tertiary/aromatic N) is 2. The van der Waals surface area contributed by atoms with Gasteiger partial charge in [-0.05, 0) is 49.2 Å². The van der Waals surface area contributed by atoms with E-state index in [9.17, 15) is 13.2 Å². The predicted molar refractivity (Wildman–Crippen MR) is 137 cm³/mol. The Morgan fingerprint density at radius 2 is 1.66 bits per heavy atom. The third-order valence-electron chi connectivity index (χ3n) is 6.06. The van der Waals surface area contributed by atoms with Crippen LogP contribution in [0.25, 0.3) is 10.9 Å². The first-order chi connectivity index (χ1) is 18.1. The Kier molecular flexibility index (Phi) is 7.91. The number of anilines is 1. The minimum absolute atomic E-state index is 0.0152. The van der Waals surface area contributed by atoms with Crippen molar-refractivity contribution in [3.8, 4) is 23.0 Å². The molecule has 0 aliphatic rings. The number of halogens is 4. The molecule has 1 aromatic heterocycles. The highest BCUT2D eigenvalue weighted by molar-refractivity contribution is 5.88. The summed E-state index contributed by atoms with van der Waals surface area (Å²) in [4.78, 5) is 6.03. The van der Waals surface area contributed by atoms with E-state index in [1.54, 1.807) is 48.4 Å². The van der Waals surface area contributed by atoms with Crippen molar-refractivity contribution >= 4 is 16.6 Å². The van der Waals surface area contributed by atoms with Crippen molar-refractivity contribution in [2.75, 3.05) is 25.7 Å². The van der Waals surface area contributed by atoms with Gasteiger partial charge in [-0.2, -0.15) is 13.2 Å². The highest BCUT2D eigenvalue weighted by Gasteiger charge is 2.30. The second-order valence-electron chi connectivity index (χ2n) is 8.63. The van der Waals surface area contributed by atoms with Crippen LogP contribution in [0.3, 0.4) is 0 Å². The van der Waals surface area contributed by atoms with Gasteiger partial charge in [-0.1, -0.05) is 18.2 Å². The first-order valence-electron chi connectivity index (χ1n) is 11.8. The molecule has 0 saturated heterocycles. The van der Waals surface area contributed by atoms with Gasteiger partial charge in [-0.25, -0.2) is 4.39 Å². The van der Waals surface area contributed by atoms with E-state index in [0.29, 0.717) is 45.8 Å². The Morgan fingerprint density at radius 1 is 0.921 bits per heavy atom. The van der Waals surface area contributed by atoms with Crippen LogP contribution >= 0.6 is 0 Å². The fourth-order valence-corrected chi connectivity index (χ4v) is 4.13. The lowest BCUT2D eigenvalue weighted by Crippen LogP contribution is -2.41. The van der Waals surface area contributed by atoms with E-state index in [-0.39, 0.29) is 12.3 Å². The average molecular weight is 530 g/mol. The summed E-state index contributed by atoms with van der Waals surface area (Å²) in [5.74, 6) is 0.704. The number of hydrogen-bond donors (Lipinski definition) is 1. The Balaban J connectivity index is 1.56.